The zero-order valence-corrected chi connectivity index (χ0v) is 13.4. The third-order valence-electron chi connectivity index (χ3n) is 3.39. The van der Waals surface area contributed by atoms with Crippen molar-refractivity contribution in [2.24, 2.45) is 0 Å². The van der Waals surface area contributed by atoms with Gasteiger partial charge in [-0.3, -0.25) is 4.79 Å². The van der Waals surface area contributed by atoms with Gasteiger partial charge in [-0.25, -0.2) is 4.39 Å². The molecule has 0 fully saturated rings. The van der Waals surface area contributed by atoms with Gasteiger partial charge in [0.25, 0.3) is 5.91 Å². The lowest BCUT2D eigenvalue weighted by atomic mass is 10.1. The predicted molar refractivity (Wildman–Crippen MR) is 86.2 cm³/mol. The van der Waals surface area contributed by atoms with E-state index in [9.17, 15) is 9.18 Å². The Hall–Kier alpha value is -2.14. The topological polar surface area (TPSA) is 42.2 Å². The van der Waals surface area contributed by atoms with Crippen LogP contribution in [-0.4, -0.2) is 5.91 Å². The summed E-state index contributed by atoms with van der Waals surface area (Å²) < 4.78 is 19.6. The van der Waals surface area contributed by atoms with Crippen LogP contribution in [0.1, 0.15) is 29.1 Å². The highest BCUT2D eigenvalue weighted by molar-refractivity contribution is 9.10. The van der Waals surface area contributed by atoms with E-state index >= 15 is 0 Å². The lowest BCUT2D eigenvalue weighted by Gasteiger charge is -2.12. The normalized spacial score (nSPS) is 12.3. The molecule has 3 nitrogen and oxygen atoms in total. The molecule has 1 N–H and O–H groups in total. The van der Waals surface area contributed by atoms with Crippen molar-refractivity contribution in [1.82, 2.24) is 5.32 Å². The van der Waals surface area contributed by atoms with Crippen molar-refractivity contribution < 1.29 is 13.6 Å². The van der Waals surface area contributed by atoms with Crippen molar-refractivity contribution >= 4 is 32.8 Å². The smallest absolute Gasteiger partial charge is 0.253 e. The van der Waals surface area contributed by atoms with Gasteiger partial charge in [-0.15, -0.1) is 0 Å². The maximum Gasteiger partial charge on any atom is 0.253 e. The van der Waals surface area contributed by atoms with E-state index in [1.165, 1.54) is 18.2 Å². The number of amides is 1. The van der Waals surface area contributed by atoms with Crippen LogP contribution in [-0.2, 0) is 0 Å². The minimum absolute atomic E-state index is 0.253. The summed E-state index contributed by atoms with van der Waals surface area (Å²) in [7, 11) is 0. The molecule has 0 spiro atoms. The quantitative estimate of drug-likeness (QED) is 0.726. The van der Waals surface area contributed by atoms with Crippen molar-refractivity contribution in [2.75, 3.05) is 0 Å². The van der Waals surface area contributed by atoms with Crippen LogP contribution in [0.4, 0.5) is 4.39 Å². The van der Waals surface area contributed by atoms with Gasteiger partial charge in [0.1, 0.15) is 17.2 Å². The average Bonchev–Trinajstić information content (AvgIpc) is 2.93. The molecule has 3 rings (SSSR count). The Morgan fingerprint density at radius 2 is 2.00 bits per heavy atom. The number of para-hydroxylation sites is 1. The third kappa shape index (κ3) is 2.90. The molecular weight excluding hydrogens is 349 g/mol. The summed E-state index contributed by atoms with van der Waals surface area (Å²) in [4.78, 5) is 12.3. The second-order valence-electron chi connectivity index (χ2n) is 5.01. The lowest BCUT2D eigenvalue weighted by molar-refractivity contribution is 0.0934. The van der Waals surface area contributed by atoms with Crippen molar-refractivity contribution in [1.29, 1.82) is 0 Å². The molecule has 112 valence electrons. The summed E-state index contributed by atoms with van der Waals surface area (Å²) in [5.41, 5.74) is 1.02. The van der Waals surface area contributed by atoms with Crippen molar-refractivity contribution in [3.63, 3.8) is 0 Å². The van der Waals surface area contributed by atoms with Crippen LogP contribution in [0.5, 0.6) is 0 Å². The molecule has 1 aromatic heterocycles. The van der Waals surface area contributed by atoms with E-state index in [4.69, 9.17) is 4.42 Å². The van der Waals surface area contributed by atoms with Crippen LogP contribution < -0.4 is 5.32 Å². The Bertz CT molecular complexity index is 811. The van der Waals surface area contributed by atoms with Gasteiger partial charge in [0.05, 0.1) is 11.6 Å². The highest BCUT2D eigenvalue weighted by atomic mass is 79.9. The highest BCUT2D eigenvalue weighted by Gasteiger charge is 2.17. The Kier molecular flexibility index (Phi) is 3.98. The molecule has 1 heterocycles. The summed E-state index contributed by atoms with van der Waals surface area (Å²) in [6.07, 6.45) is 0. The number of benzene rings is 2. The second-order valence-corrected chi connectivity index (χ2v) is 5.86. The van der Waals surface area contributed by atoms with Gasteiger partial charge in [0.15, 0.2) is 0 Å². The first-order valence-electron chi connectivity index (χ1n) is 6.79. The van der Waals surface area contributed by atoms with Crippen LogP contribution >= 0.6 is 15.9 Å². The highest BCUT2D eigenvalue weighted by Crippen LogP contribution is 2.24. The number of fused-ring (bicyclic) bond motifs is 1. The molecular formula is C17H13BrFNO2. The van der Waals surface area contributed by atoms with Gasteiger partial charge in [0, 0.05) is 9.86 Å². The van der Waals surface area contributed by atoms with E-state index in [-0.39, 0.29) is 17.5 Å². The molecule has 0 aliphatic rings. The van der Waals surface area contributed by atoms with E-state index in [2.05, 4.69) is 21.2 Å². The SMILES string of the molecule is C[C@@H](NC(=O)c1cc(F)ccc1Br)c1cc2ccccc2o1. The number of carbonyl (C=O) groups excluding carboxylic acids is 1. The molecule has 1 amide bonds. The van der Waals surface area contributed by atoms with E-state index in [0.29, 0.717) is 10.2 Å². The number of rotatable bonds is 3. The summed E-state index contributed by atoms with van der Waals surface area (Å²) in [6, 6.07) is 13.2. The van der Waals surface area contributed by atoms with Crippen LogP contribution in [0.25, 0.3) is 11.0 Å². The molecule has 0 radical (unpaired) electrons. The molecule has 0 aliphatic carbocycles. The fourth-order valence-corrected chi connectivity index (χ4v) is 2.66. The molecule has 0 unspecified atom stereocenters. The van der Waals surface area contributed by atoms with Crippen LogP contribution in [0.3, 0.4) is 0 Å². The Labute approximate surface area is 135 Å². The van der Waals surface area contributed by atoms with E-state index < -0.39 is 5.82 Å². The first-order valence-corrected chi connectivity index (χ1v) is 7.58. The summed E-state index contributed by atoms with van der Waals surface area (Å²) in [6.45, 7) is 1.82. The largest absolute Gasteiger partial charge is 0.459 e. The predicted octanol–water partition coefficient (Wildman–Crippen LogP) is 4.83. The van der Waals surface area contributed by atoms with Gasteiger partial charge >= 0.3 is 0 Å². The maximum atomic E-state index is 13.3. The zero-order chi connectivity index (χ0) is 15.7. The van der Waals surface area contributed by atoms with Gasteiger partial charge in [-0.1, -0.05) is 18.2 Å². The fourth-order valence-electron chi connectivity index (χ4n) is 2.23. The molecule has 5 heteroatoms. The zero-order valence-electron chi connectivity index (χ0n) is 11.8. The van der Waals surface area contributed by atoms with Crippen LogP contribution in [0.2, 0.25) is 0 Å². The molecule has 0 saturated carbocycles. The Morgan fingerprint density at radius 1 is 1.23 bits per heavy atom. The first kappa shape index (κ1) is 14.8. The van der Waals surface area contributed by atoms with Gasteiger partial charge in [-0.2, -0.15) is 0 Å². The second kappa shape index (κ2) is 5.93. The van der Waals surface area contributed by atoms with Crippen LogP contribution in [0.15, 0.2) is 57.4 Å². The van der Waals surface area contributed by atoms with E-state index in [1.807, 2.05) is 37.3 Å². The van der Waals surface area contributed by atoms with Crippen molar-refractivity contribution in [3.05, 3.63) is 70.1 Å². The lowest BCUT2D eigenvalue weighted by Crippen LogP contribution is -2.26. The molecule has 22 heavy (non-hydrogen) atoms. The van der Waals surface area contributed by atoms with E-state index in [1.54, 1.807) is 0 Å². The number of nitrogens with one attached hydrogen (secondary N) is 1. The number of halogens is 2. The van der Waals surface area contributed by atoms with Crippen LogP contribution in [0, 0.1) is 5.82 Å². The third-order valence-corrected chi connectivity index (χ3v) is 4.08. The maximum absolute atomic E-state index is 13.3. The van der Waals surface area contributed by atoms with Gasteiger partial charge < -0.3 is 9.73 Å². The molecule has 3 aromatic rings. The van der Waals surface area contributed by atoms with Crippen molar-refractivity contribution in [3.8, 4) is 0 Å². The standard InChI is InChI=1S/C17H13BrFNO2/c1-10(16-8-11-4-2-3-5-15(11)22-16)20-17(21)13-9-12(19)6-7-14(13)18/h2-10H,1H3,(H,20,21)/t10-/m1/s1. The van der Waals surface area contributed by atoms with Crippen molar-refractivity contribution in [2.45, 2.75) is 13.0 Å². The number of carbonyl (C=O) groups is 1. The first-order chi connectivity index (χ1) is 10.5. The summed E-state index contributed by atoms with van der Waals surface area (Å²) in [5.74, 6) is -0.161. The molecule has 0 saturated heterocycles. The Balaban J connectivity index is 1.82. The van der Waals surface area contributed by atoms with Gasteiger partial charge in [-0.05, 0) is 53.2 Å². The minimum atomic E-state index is -0.454. The number of furan rings is 1. The summed E-state index contributed by atoms with van der Waals surface area (Å²) >= 11 is 3.25. The molecule has 0 aliphatic heterocycles. The fraction of sp³-hybridized carbons (Fsp3) is 0.118. The summed E-state index contributed by atoms with van der Waals surface area (Å²) in [5, 5.41) is 3.79. The Morgan fingerprint density at radius 3 is 2.77 bits per heavy atom. The number of hydrogen-bond acceptors (Lipinski definition) is 2. The average molecular weight is 362 g/mol. The molecule has 2 aromatic carbocycles. The monoisotopic (exact) mass is 361 g/mol. The van der Waals surface area contributed by atoms with E-state index in [0.717, 1.165) is 11.0 Å². The number of hydrogen-bond donors (Lipinski definition) is 1. The molecule has 0 bridgehead atoms. The van der Waals surface area contributed by atoms with Gasteiger partial charge in [0.2, 0.25) is 0 Å². The molecule has 1 atom stereocenters. The minimum Gasteiger partial charge on any atom is -0.459 e.